The molecule has 24 heavy (non-hydrogen) atoms. The fraction of sp³-hybridized carbons (Fsp3) is 0.353. The van der Waals surface area contributed by atoms with Crippen molar-refractivity contribution < 1.29 is 4.74 Å². The van der Waals surface area contributed by atoms with Gasteiger partial charge in [0.15, 0.2) is 5.82 Å². The highest BCUT2D eigenvalue weighted by molar-refractivity contribution is 9.10. The summed E-state index contributed by atoms with van der Waals surface area (Å²) in [4.78, 5) is 1.24. The third-order valence-corrected chi connectivity index (χ3v) is 5.35. The van der Waals surface area contributed by atoms with Crippen molar-refractivity contribution in [2.75, 3.05) is 6.61 Å². The van der Waals surface area contributed by atoms with Gasteiger partial charge in [-0.15, -0.1) is 10.2 Å². The molecule has 0 radical (unpaired) electrons. The van der Waals surface area contributed by atoms with E-state index in [4.69, 9.17) is 9.11 Å². The van der Waals surface area contributed by atoms with Crippen molar-refractivity contribution in [1.82, 2.24) is 19.1 Å². The van der Waals surface area contributed by atoms with E-state index in [0.29, 0.717) is 12.5 Å². The predicted octanol–water partition coefficient (Wildman–Crippen LogP) is 4.42. The minimum atomic E-state index is 0.517. The third kappa shape index (κ3) is 2.75. The third-order valence-electron chi connectivity index (χ3n) is 3.95. The molecule has 0 N–H and O–H groups in total. The van der Waals surface area contributed by atoms with Gasteiger partial charge in [-0.3, -0.25) is 0 Å². The van der Waals surface area contributed by atoms with E-state index in [1.54, 1.807) is 6.33 Å². The van der Waals surface area contributed by atoms with Crippen molar-refractivity contribution >= 4 is 27.5 Å². The highest BCUT2D eigenvalue weighted by atomic mass is 79.9. The van der Waals surface area contributed by atoms with Gasteiger partial charge >= 0.3 is 0 Å². The molecule has 0 saturated heterocycles. The van der Waals surface area contributed by atoms with Gasteiger partial charge < -0.3 is 9.30 Å². The number of aromatic nitrogens is 4. The van der Waals surface area contributed by atoms with Crippen LogP contribution >= 0.6 is 27.5 Å². The Morgan fingerprint density at radius 2 is 2.25 bits per heavy atom. The Morgan fingerprint density at radius 3 is 3.08 bits per heavy atom. The first-order valence-electron chi connectivity index (χ1n) is 7.93. The molecule has 0 amide bonds. The molecule has 5 nitrogen and oxygen atoms in total. The van der Waals surface area contributed by atoms with Crippen LogP contribution in [0, 0.1) is 5.92 Å². The first kappa shape index (κ1) is 15.8. The Labute approximate surface area is 153 Å². The molecule has 0 bridgehead atoms. The molecule has 1 aliphatic rings. The smallest absolute Gasteiger partial charge is 0.184 e. The second kappa shape index (κ2) is 6.29. The molecular formula is C17H17BrN4OS. The maximum Gasteiger partial charge on any atom is 0.184 e. The van der Waals surface area contributed by atoms with Crippen LogP contribution in [-0.2, 0) is 13.0 Å². The minimum Gasteiger partial charge on any atom is -0.493 e. The molecule has 0 spiro atoms. The zero-order chi connectivity index (χ0) is 16.7. The van der Waals surface area contributed by atoms with Crippen LogP contribution in [0.5, 0.6) is 5.75 Å². The molecule has 7 heteroatoms. The highest BCUT2D eigenvalue weighted by Crippen LogP contribution is 2.43. The molecule has 1 aromatic carbocycles. The van der Waals surface area contributed by atoms with Gasteiger partial charge in [-0.05, 0) is 35.6 Å². The van der Waals surface area contributed by atoms with Crippen LogP contribution in [0.1, 0.15) is 18.7 Å². The Hall–Kier alpha value is -1.73. The van der Waals surface area contributed by atoms with E-state index >= 15 is 0 Å². The Balaban J connectivity index is 1.89. The average molecular weight is 405 g/mol. The van der Waals surface area contributed by atoms with Crippen molar-refractivity contribution in [3.05, 3.63) is 33.9 Å². The lowest BCUT2D eigenvalue weighted by molar-refractivity contribution is 0.327. The number of fused-ring (bicyclic) bond motifs is 3. The summed E-state index contributed by atoms with van der Waals surface area (Å²) in [6.07, 6.45) is 2.65. The van der Waals surface area contributed by atoms with Gasteiger partial charge in [0, 0.05) is 33.4 Å². The topological polar surface area (TPSA) is 52.8 Å². The summed E-state index contributed by atoms with van der Waals surface area (Å²) >= 11 is 5.06. The molecule has 2 aromatic heterocycles. The van der Waals surface area contributed by atoms with E-state index in [2.05, 4.69) is 50.6 Å². The SMILES string of the molecule is CC(C)Cn1cnnc1-c1nsc2c1-c1ccc(Br)cc1OCC2. The second-order valence-electron chi connectivity index (χ2n) is 6.27. The van der Waals surface area contributed by atoms with E-state index in [9.17, 15) is 0 Å². The van der Waals surface area contributed by atoms with Gasteiger partial charge in [-0.1, -0.05) is 29.8 Å². The van der Waals surface area contributed by atoms with Crippen LogP contribution in [0.3, 0.4) is 0 Å². The van der Waals surface area contributed by atoms with Crippen molar-refractivity contribution in [3.8, 4) is 28.4 Å². The number of hydrogen-bond donors (Lipinski definition) is 0. The first-order valence-corrected chi connectivity index (χ1v) is 9.49. The fourth-order valence-corrected chi connectivity index (χ4v) is 4.15. The van der Waals surface area contributed by atoms with Crippen LogP contribution in [0.15, 0.2) is 29.0 Å². The van der Waals surface area contributed by atoms with Crippen LogP contribution in [0.2, 0.25) is 0 Å². The maximum absolute atomic E-state index is 5.94. The summed E-state index contributed by atoms with van der Waals surface area (Å²) in [7, 11) is 0. The van der Waals surface area contributed by atoms with Gasteiger partial charge in [-0.25, -0.2) is 0 Å². The van der Waals surface area contributed by atoms with Crippen molar-refractivity contribution in [3.63, 3.8) is 0 Å². The fourth-order valence-electron chi connectivity index (χ4n) is 2.97. The standard InChI is InChI=1S/C17H17BrN4OS/c1-10(2)8-22-9-19-20-17(22)16-15-12-4-3-11(18)7-13(12)23-6-5-14(15)24-21-16/h3-4,7,9-10H,5-6,8H2,1-2H3. The lowest BCUT2D eigenvalue weighted by atomic mass is 10.0. The summed E-state index contributed by atoms with van der Waals surface area (Å²) < 4.78 is 13.8. The van der Waals surface area contributed by atoms with E-state index in [0.717, 1.165) is 45.8 Å². The van der Waals surface area contributed by atoms with Crippen LogP contribution in [-0.4, -0.2) is 25.7 Å². The summed E-state index contributed by atoms with van der Waals surface area (Å²) in [6, 6.07) is 6.15. The molecule has 0 fully saturated rings. The number of hydrogen-bond acceptors (Lipinski definition) is 5. The number of nitrogens with zero attached hydrogens (tertiary/aromatic N) is 4. The molecule has 124 valence electrons. The van der Waals surface area contributed by atoms with Crippen molar-refractivity contribution in [2.45, 2.75) is 26.8 Å². The first-order chi connectivity index (χ1) is 11.6. The van der Waals surface area contributed by atoms with Crippen LogP contribution in [0.25, 0.3) is 22.6 Å². The number of benzene rings is 1. The lowest BCUT2D eigenvalue weighted by Gasteiger charge is -2.11. The molecule has 0 saturated carbocycles. The van der Waals surface area contributed by atoms with Crippen LogP contribution in [0.4, 0.5) is 0 Å². The van der Waals surface area contributed by atoms with Crippen molar-refractivity contribution in [2.24, 2.45) is 5.92 Å². The number of rotatable bonds is 3. The predicted molar refractivity (Wildman–Crippen MR) is 98.3 cm³/mol. The Bertz CT molecular complexity index is 887. The zero-order valence-electron chi connectivity index (χ0n) is 13.5. The van der Waals surface area contributed by atoms with E-state index < -0.39 is 0 Å². The molecule has 3 heterocycles. The van der Waals surface area contributed by atoms with Gasteiger partial charge in [-0.2, -0.15) is 4.37 Å². The van der Waals surface area contributed by atoms with Crippen LogP contribution < -0.4 is 4.74 Å². The van der Waals surface area contributed by atoms with Gasteiger partial charge in [0.25, 0.3) is 0 Å². The minimum absolute atomic E-state index is 0.517. The van der Waals surface area contributed by atoms with Gasteiger partial charge in [0.05, 0.1) is 6.61 Å². The highest BCUT2D eigenvalue weighted by Gasteiger charge is 2.25. The normalized spacial score (nSPS) is 13.3. The molecule has 4 rings (SSSR count). The van der Waals surface area contributed by atoms with E-state index in [1.165, 1.54) is 16.4 Å². The quantitative estimate of drug-likeness (QED) is 0.647. The van der Waals surface area contributed by atoms with Crippen molar-refractivity contribution in [1.29, 1.82) is 0 Å². The largest absolute Gasteiger partial charge is 0.493 e. The summed E-state index contributed by atoms with van der Waals surface area (Å²) in [6.45, 7) is 5.91. The summed E-state index contributed by atoms with van der Waals surface area (Å²) in [5.41, 5.74) is 3.12. The molecule has 0 aliphatic carbocycles. The molecule has 1 aliphatic heterocycles. The van der Waals surface area contributed by atoms with E-state index in [-0.39, 0.29) is 0 Å². The summed E-state index contributed by atoms with van der Waals surface area (Å²) in [5.74, 6) is 2.24. The molecular weight excluding hydrogens is 388 g/mol. The van der Waals surface area contributed by atoms with Gasteiger partial charge in [0.1, 0.15) is 17.8 Å². The summed E-state index contributed by atoms with van der Waals surface area (Å²) in [5, 5.41) is 8.46. The average Bonchev–Trinajstić information content (AvgIpc) is 3.10. The molecule has 0 atom stereocenters. The number of ether oxygens (including phenoxy) is 1. The Morgan fingerprint density at radius 1 is 1.38 bits per heavy atom. The van der Waals surface area contributed by atoms with Gasteiger partial charge in [0.2, 0.25) is 0 Å². The molecule has 0 unspecified atom stereocenters. The lowest BCUT2D eigenvalue weighted by Crippen LogP contribution is -2.05. The van der Waals surface area contributed by atoms with E-state index in [1.807, 2.05) is 12.1 Å². The maximum atomic E-state index is 5.94. The second-order valence-corrected chi connectivity index (χ2v) is 8.04. The zero-order valence-corrected chi connectivity index (χ0v) is 15.9. The monoisotopic (exact) mass is 404 g/mol. The Kier molecular flexibility index (Phi) is 4.14. The molecule has 3 aromatic rings. The number of halogens is 1.